The standard InChI is InChI=1S/C15H23N3O3/c1-5-10-11(6-2)16-17-13(12(10)14(19)20)18-7-8-21-15(3,4)9-18/h5-9H2,1-4H3,(H,19,20). The van der Waals surface area contributed by atoms with E-state index in [1.54, 1.807) is 0 Å². The van der Waals surface area contributed by atoms with Gasteiger partial charge >= 0.3 is 5.97 Å². The molecule has 0 bridgehead atoms. The summed E-state index contributed by atoms with van der Waals surface area (Å²) in [5.74, 6) is -0.469. The number of carbonyl (C=O) groups is 1. The zero-order valence-electron chi connectivity index (χ0n) is 13.1. The monoisotopic (exact) mass is 293 g/mol. The summed E-state index contributed by atoms with van der Waals surface area (Å²) in [4.78, 5) is 13.7. The van der Waals surface area contributed by atoms with Crippen molar-refractivity contribution in [1.82, 2.24) is 10.2 Å². The zero-order valence-corrected chi connectivity index (χ0v) is 13.1. The fraction of sp³-hybridized carbons (Fsp3) is 0.667. The molecule has 0 unspecified atom stereocenters. The van der Waals surface area contributed by atoms with Crippen molar-refractivity contribution in [2.75, 3.05) is 24.6 Å². The minimum Gasteiger partial charge on any atom is -0.478 e. The summed E-state index contributed by atoms with van der Waals surface area (Å²) in [6, 6.07) is 0. The molecule has 1 N–H and O–H groups in total. The SMILES string of the molecule is CCc1nnc(N2CCOC(C)(C)C2)c(C(=O)O)c1CC. The van der Waals surface area contributed by atoms with E-state index in [9.17, 15) is 9.90 Å². The second-order valence-corrected chi connectivity index (χ2v) is 5.87. The van der Waals surface area contributed by atoms with E-state index in [1.807, 2.05) is 32.6 Å². The Morgan fingerprint density at radius 2 is 2.05 bits per heavy atom. The van der Waals surface area contributed by atoms with Gasteiger partial charge in [-0.3, -0.25) is 0 Å². The molecule has 0 atom stereocenters. The molecule has 0 aliphatic carbocycles. The maximum atomic E-state index is 11.7. The lowest BCUT2D eigenvalue weighted by atomic mass is 10.0. The fourth-order valence-corrected chi connectivity index (χ4v) is 2.81. The zero-order chi connectivity index (χ0) is 15.6. The molecule has 116 valence electrons. The highest BCUT2D eigenvalue weighted by Crippen LogP contribution is 2.27. The Hall–Kier alpha value is -1.69. The molecule has 6 nitrogen and oxygen atoms in total. The van der Waals surface area contributed by atoms with Gasteiger partial charge in [-0.25, -0.2) is 4.79 Å². The number of hydrogen-bond donors (Lipinski definition) is 1. The van der Waals surface area contributed by atoms with E-state index in [0.717, 1.165) is 11.3 Å². The lowest BCUT2D eigenvalue weighted by molar-refractivity contribution is -0.0280. The molecular weight excluding hydrogens is 270 g/mol. The molecule has 0 spiro atoms. The normalized spacial score (nSPS) is 17.8. The van der Waals surface area contributed by atoms with Crippen LogP contribution in [-0.2, 0) is 17.6 Å². The van der Waals surface area contributed by atoms with Crippen LogP contribution in [0.3, 0.4) is 0 Å². The van der Waals surface area contributed by atoms with Crippen LogP contribution in [-0.4, -0.2) is 46.6 Å². The third-order valence-electron chi connectivity index (χ3n) is 3.77. The van der Waals surface area contributed by atoms with Crippen molar-refractivity contribution in [3.63, 3.8) is 0 Å². The summed E-state index contributed by atoms with van der Waals surface area (Å²) in [6.07, 6.45) is 1.33. The summed E-state index contributed by atoms with van der Waals surface area (Å²) in [6.45, 7) is 9.71. The van der Waals surface area contributed by atoms with Crippen LogP contribution in [0.1, 0.15) is 49.3 Å². The Labute approximate surface area is 125 Å². The Kier molecular flexibility index (Phi) is 4.46. The molecule has 21 heavy (non-hydrogen) atoms. The number of carboxylic acids is 1. The molecule has 6 heteroatoms. The van der Waals surface area contributed by atoms with Crippen molar-refractivity contribution in [2.24, 2.45) is 0 Å². The Morgan fingerprint density at radius 3 is 2.57 bits per heavy atom. The Morgan fingerprint density at radius 1 is 1.33 bits per heavy atom. The van der Waals surface area contributed by atoms with Crippen LogP contribution in [0.2, 0.25) is 0 Å². The molecule has 1 aliphatic heterocycles. The van der Waals surface area contributed by atoms with Crippen LogP contribution < -0.4 is 4.90 Å². The molecule has 1 aliphatic rings. The molecule has 0 amide bonds. The predicted octanol–water partition coefficient (Wildman–Crippen LogP) is 1.91. The van der Waals surface area contributed by atoms with E-state index in [2.05, 4.69) is 10.2 Å². The van der Waals surface area contributed by atoms with E-state index < -0.39 is 5.97 Å². The smallest absolute Gasteiger partial charge is 0.339 e. The van der Waals surface area contributed by atoms with Crippen LogP contribution in [0.25, 0.3) is 0 Å². The van der Waals surface area contributed by atoms with E-state index in [0.29, 0.717) is 43.9 Å². The van der Waals surface area contributed by atoms with Crippen molar-refractivity contribution in [3.8, 4) is 0 Å². The summed E-state index contributed by atoms with van der Waals surface area (Å²) >= 11 is 0. The topological polar surface area (TPSA) is 75.5 Å². The number of nitrogens with zero attached hydrogens (tertiary/aromatic N) is 3. The second-order valence-electron chi connectivity index (χ2n) is 5.87. The first kappa shape index (κ1) is 15.7. The molecule has 0 saturated carbocycles. The molecular formula is C15H23N3O3. The summed E-state index contributed by atoms with van der Waals surface area (Å²) in [7, 11) is 0. The first-order valence-corrected chi connectivity index (χ1v) is 7.40. The van der Waals surface area contributed by atoms with Gasteiger partial charge in [-0.1, -0.05) is 13.8 Å². The minimum absolute atomic E-state index is 0.294. The van der Waals surface area contributed by atoms with Crippen LogP contribution >= 0.6 is 0 Å². The molecule has 0 aromatic carbocycles. The highest BCUT2D eigenvalue weighted by atomic mass is 16.5. The minimum atomic E-state index is -0.934. The highest BCUT2D eigenvalue weighted by molar-refractivity contribution is 5.95. The van der Waals surface area contributed by atoms with Crippen LogP contribution in [0, 0.1) is 0 Å². The number of ether oxygens (including phenoxy) is 1. The fourth-order valence-electron chi connectivity index (χ4n) is 2.81. The van der Waals surface area contributed by atoms with Crippen molar-refractivity contribution >= 4 is 11.8 Å². The molecule has 1 aromatic heterocycles. The van der Waals surface area contributed by atoms with Crippen molar-refractivity contribution < 1.29 is 14.6 Å². The van der Waals surface area contributed by atoms with Gasteiger partial charge in [0.05, 0.1) is 17.9 Å². The van der Waals surface area contributed by atoms with Crippen molar-refractivity contribution in [1.29, 1.82) is 0 Å². The average molecular weight is 293 g/mol. The quantitative estimate of drug-likeness (QED) is 0.914. The van der Waals surface area contributed by atoms with Gasteiger partial charge in [-0.15, -0.1) is 5.10 Å². The summed E-state index contributed by atoms with van der Waals surface area (Å²) < 4.78 is 5.68. The molecule has 1 aromatic rings. The number of carboxylic acid groups (broad SMARTS) is 1. The predicted molar refractivity (Wildman–Crippen MR) is 80.0 cm³/mol. The van der Waals surface area contributed by atoms with Crippen LogP contribution in [0.4, 0.5) is 5.82 Å². The Bertz CT molecular complexity index is 543. The molecule has 2 heterocycles. The van der Waals surface area contributed by atoms with E-state index in [4.69, 9.17) is 4.74 Å². The third kappa shape index (κ3) is 3.15. The van der Waals surface area contributed by atoms with Gasteiger partial charge in [0.2, 0.25) is 0 Å². The average Bonchev–Trinajstić information content (AvgIpc) is 2.44. The first-order chi connectivity index (χ1) is 9.89. The third-order valence-corrected chi connectivity index (χ3v) is 3.77. The van der Waals surface area contributed by atoms with Gasteiger partial charge in [-0.2, -0.15) is 5.10 Å². The maximum Gasteiger partial charge on any atom is 0.339 e. The van der Waals surface area contributed by atoms with Crippen molar-refractivity contribution in [3.05, 3.63) is 16.8 Å². The van der Waals surface area contributed by atoms with Gasteiger partial charge in [0.15, 0.2) is 5.82 Å². The number of anilines is 1. The number of morpholine rings is 1. The van der Waals surface area contributed by atoms with Gasteiger partial charge < -0.3 is 14.7 Å². The molecule has 0 radical (unpaired) electrons. The highest BCUT2D eigenvalue weighted by Gasteiger charge is 2.32. The lowest BCUT2D eigenvalue weighted by Gasteiger charge is -2.39. The van der Waals surface area contributed by atoms with Crippen LogP contribution in [0.5, 0.6) is 0 Å². The number of hydrogen-bond acceptors (Lipinski definition) is 5. The number of aryl methyl sites for hydroxylation is 1. The van der Waals surface area contributed by atoms with Gasteiger partial charge in [-0.05, 0) is 32.3 Å². The van der Waals surface area contributed by atoms with Gasteiger partial charge in [0.1, 0.15) is 5.56 Å². The van der Waals surface area contributed by atoms with Gasteiger partial charge in [0.25, 0.3) is 0 Å². The Balaban J connectivity index is 2.50. The number of rotatable bonds is 4. The molecule has 1 saturated heterocycles. The summed E-state index contributed by atoms with van der Waals surface area (Å²) in [5, 5.41) is 18.1. The molecule has 1 fully saturated rings. The van der Waals surface area contributed by atoms with Crippen LogP contribution in [0.15, 0.2) is 0 Å². The van der Waals surface area contributed by atoms with Gasteiger partial charge in [0, 0.05) is 13.1 Å². The lowest BCUT2D eigenvalue weighted by Crippen LogP contribution is -2.49. The first-order valence-electron chi connectivity index (χ1n) is 7.40. The maximum absolute atomic E-state index is 11.7. The molecule has 2 rings (SSSR count). The second kappa shape index (κ2) is 5.97. The van der Waals surface area contributed by atoms with E-state index in [-0.39, 0.29) is 5.60 Å². The number of aromatic carboxylic acids is 1. The van der Waals surface area contributed by atoms with Crippen molar-refractivity contribution in [2.45, 2.75) is 46.1 Å². The largest absolute Gasteiger partial charge is 0.478 e. The summed E-state index contributed by atoms with van der Waals surface area (Å²) in [5.41, 5.74) is 1.54. The number of aromatic nitrogens is 2. The van der Waals surface area contributed by atoms with E-state index in [1.165, 1.54) is 0 Å². The van der Waals surface area contributed by atoms with E-state index >= 15 is 0 Å².